The third-order valence-corrected chi connectivity index (χ3v) is 5.80. The average Bonchev–Trinajstić information content (AvgIpc) is 3.40. The van der Waals surface area contributed by atoms with Gasteiger partial charge in [0, 0.05) is 27.6 Å². The third kappa shape index (κ3) is 2.98. The maximum Gasteiger partial charge on any atom is 0.123 e. The molecule has 2 heterocycles. The highest BCUT2D eigenvalue weighted by Crippen LogP contribution is 2.37. The van der Waals surface area contributed by atoms with Crippen LogP contribution in [0, 0.1) is 5.92 Å². The summed E-state index contributed by atoms with van der Waals surface area (Å²) in [4.78, 5) is 3.59. The molecule has 0 bridgehead atoms. The van der Waals surface area contributed by atoms with E-state index >= 15 is 0 Å². The Balaban J connectivity index is 1.46. The topological polar surface area (TPSA) is 37.0 Å². The van der Waals surface area contributed by atoms with E-state index in [2.05, 4.69) is 68.7 Å². The van der Waals surface area contributed by atoms with Crippen LogP contribution in [0.2, 0.25) is 0 Å². The predicted octanol–water partition coefficient (Wildman–Crippen LogP) is 5.41. The van der Waals surface area contributed by atoms with Crippen molar-refractivity contribution in [3.8, 4) is 0 Å². The molecular weight excluding hydrogens is 376 g/mol. The van der Waals surface area contributed by atoms with Gasteiger partial charge in [-0.25, -0.2) is 0 Å². The lowest BCUT2D eigenvalue weighted by Crippen LogP contribution is -2.17. The molecule has 128 valence electrons. The summed E-state index contributed by atoms with van der Waals surface area (Å²) in [6.45, 7) is 1.86. The van der Waals surface area contributed by atoms with Gasteiger partial charge in [-0.3, -0.25) is 0 Å². The first-order valence-electron chi connectivity index (χ1n) is 9.03. The molecule has 3 aromatic rings. The fraction of sp³-hybridized carbons (Fsp3) is 0.333. The monoisotopic (exact) mass is 396 g/mol. The van der Waals surface area contributed by atoms with Gasteiger partial charge in [0.2, 0.25) is 0 Å². The summed E-state index contributed by atoms with van der Waals surface area (Å²) in [6, 6.07) is 15.2. The van der Waals surface area contributed by atoms with Gasteiger partial charge in [0.05, 0.1) is 12.3 Å². The Kier molecular flexibility index (Phi) is 3.83. The number of benzene rings is 2. The van der Waals surface area contributed by atoms with Gasteiger partial charge < -0.3 is 15.0 Å². The van der Waals surface area contributed by atoms with Crippen molar-refractivity contribution in [1.82, 2.24) is 4.98 Å². The zero-order chi connectivity index (χ0) is 16.8. The van der Waals surface area contributed by atoms with Gasteiger partial charge in [0.25, 0.3) is 0 Å². The van der Waals surface area contributed by atoms with Gasteiger partial charge >= 0.3 is 0 Å². The molecule has 0 radical (unpaired) electrons. The van der Waals surface area contributed by atoms with Crippen molar-refractivity contribution in [1.29, 1.82) is 0 Å². The molecule has 1 aromatic heterocycles. The summed E-state index contributed by atoms with van der Waals surface area (Å²) in [6.07, 6.45) is 3.71. The minimum Gasteiger partial charge on any atom is -0.385 e. The normalized spacial score (nSPS) is 19.8. The second-order valence-electron chi connectivity index (χ2n) is 7.15. The maximum atomic E-state index is 6.13. The minimum absolute atomic E-state index is 0.00703. The molecule has 3 nitrogen and oxygen atoms in total. The van der Waals surface area contributed by atoms with Crippen molar-refractivity contribution >= 4 is 32.5 Å². The molecule has 1 aliphatic heterocycles. The number of hydrogen-bond acceptors (Lipinski definition) is 2. The Hall–Kier alpha value is -1.78. The van der Waals surface area contributed by atoms with Crippen molar-refractivity contribution in [2.24, 2.45) is 5.92 Å². The van der Waals surface area contributed by atoms with Gasteiger partial charge in [0.1, 0.15) is 6.10 Å². The van der Waals surface area contributed by atoms with Crippen LogP contribution in [-0.2, 0) is 11.2 Å². The Morgan fingerprint density at radius 1 is 1.12 bits per heavy atom. The number of nitrogens with one attached hydrogen (secondary N) is 2. The van der Waals surface area contributed by atoms with E-state index in [1.165, 1.54) is 46.3 Å². The number of H-pyrrole nitrogens is 1. The van der Waals surface area contributed by atoms with E-state index in [4.69, 9.17) is 4.74 Å². The number of halogens is 1. The summed E-state index contributed by atoms with van der Waals surface area (Å²) < 4.78 is 7.26. The van der Waals surface area contributed by atoms with Crippen LogP contribution >= 0.6 is 15.9 Å². The molecule has 4 heteroatoms. The first-order chi connectivity index (χ1) is 12.3. The van der Waals surface area contributed by atoms with Gasteiger partial charge in [-0.1, -0.05) is 28.1 Å². The van der Waals surface area contributed by atoms with Gasteiger partial charge in [0.15, 0.2) is 0 Å². The van der Waals surface area contributed by atoms with E-state index < -0.39 is 0 Å². The molecule has 0 saturated heterocycles. The van der Waals surface area contributed by atoms with Crippen LogP contribution in [0.3, 0.4) is 0 Å². The quantitative estimate of drug-likeness (QED) is 0.617. The molecular formula is C21H21BrN2O. The fourth-order valence-electron chi connectivity index (χ4n) is 3.72. The molecule has 1 unspecified atom stereocenters. The van der Waals surface area contributed by atoms with E-state index in [1.54, 1.807) is 0 Å². The highest BCUT2D eigenvalue weighted by molar-refractivity contribution is 9.10. The number of rotatable bonds is 4. The Labute approximate surface area is 155 Å². The number of anilines is 1. The number of ether oxygens (including phenoxy) is 1. The maximum absolute atomic E-state index is 6.13. The highest BCUT2D eigenvalue weighted by atomic mass is 79.9. The molecule has 0 spiro atoms. The molecule has 2 aliphatic rings. The lowest BCUT2D eigenvalue weighted by atomic mass is 9.97. The van der Waals surface area contributed by atoms with Gasteiger partial charge in [-0.15, -0.1) is 0 Å². The van der Waals surface area contributed by atoms with Crippen LogP contribution in [0.4, 0.5) is 5.69 Å². The molecule has 2 N–H and O–H groups in total. The smallest absolute Gasteiger partial charge is 0.123 e. The van der Waals surface area contributed by atoms with E-state index in [0.717, 1.165) is 30.0 Å². The highest BCUT2D eigenvalue weighted by Gasteiger charge is 2.26. The van der Waals surface area contributed by atoms with Crippen molar-refractivity contribution < 1.29 is 4.74 Å². The minimum atomic E-state index is -0.00703. The second kappa shape index (κ2) is 6.19. The molecule has 1 aliphatic carbocycles. The first-order valence-corrected chi connectivity index (χ1v) is 9.82. The molecule has 25 heavy (non-hydrogen) atoms. The van der Waals surface area contributed by atoms with Gasteiger partial charge in [-0.05, 0) is 66.6 Å². The van der Waals surface area contributed by atoms with Crippen LogP contribution < -0.4 is 5.32 Å². The molecule has 2 aromatic carbocycles. The second-order valence-corrected chi connectivity index (χ2v) is 8.07. The Morgan fingerprint density at radius 2 is 1.96 bits per heavy atom. The van der Waals surface area contributed by atoms with E-state index in [9.17, 15) is 0 Å². The van der Waals surface area contributed by atoms with Gasteiger partial charge in [-0.2, -0.15) is 0 Å². The third-order valence-electron chi connectivity index (χ3n) is 5.31. The van der Waals surface area contributed by atoms with E-state index in [0.29, 0.717) is 0 Å². The fourth-order valence-corrected chi connectivity index (χ4v) is 4.08. The molecule has 1 atom stereocenters. The van der Waals surface area contributed by atoms with Crippen molar-refractivity contribution in [3.63, 3.8) is 0 Å². The van der Waals surface area contributed by atoms with Crippen LogP contribution in [0.5, 0.6) is 0 Å². The van der Waals surface area contributed by atoms with Crippen LogP contribution in [0.25, 0.3) is 10.9 Å². The summed E-state index contributed by atoms with van der Waals surface area (Å²) in [5.41, 5.74) is 6.20. The van der Waals surface area contributed by atoms with Crippen LogP contribution in [-0.4, -0.2) is 18.1 Å². The lowest BCUT2D eigenvalue weighted by Gasteiger charge is -2.24. The molecule has 0 amide bonds. The molecule has 1 saturated carbocycles. The summed E-state index contributed by atoms with van der Waals surface area (Å²) in [5, 5.41) is 4.84. The summed E-state index contributed by atoms with van der Waals surface area (Å²) in [7, 11) is 0. The summed E-state index contributed by atoms with van der Waals surface area (Å²) >= 11 is 3.59. The summed E-state index contributed by atoms with van der Waals surface area (Å²) in [5.74, 6) is 0.884. The van der Waals surface area contributed by atoms with Crippen molar-refractivity contribution in [2.75, 3.05) is 18.5 Å². The molecule has 5 rings (SSSR count). The lowest BCUT2D eigenvalue weighted by molar-refractivity contribution is 0.0677. The molecule has 1 fully saturated rings. The van der Waals surface area contributed by atoms with Crippen LogP contribution in [0.1, 0.15) is 35.8 Å². The SMILES string of the molecule is Brc1ccc2[nH]c3c(c2c1)CCOC3c1ccc(NCC2CC2)cc1. The first kappa shape index (κ1) is 15.5. The largest absolute Gasteiger partial charge is 0.385 e. The standard InChI is InChI=1S/C21H21BrN2O/c22-15-5-8-19-18(11-15)17-9-10-25-21(20(17)24-19)14-3-6-16(7-4-14)23-12-13-1-2-13/h3-8,11,13,21,23-24H,1-2,9-10,12H2. The number of aromatic nitrogens is 1. The van der Waals surface area contributed by atoms with Crippen LogP contribution in [0.15, 0.2) is 46.9 Å². The number of hydrogen-bond donors (Lipinski definition) is 2. The average molecular weight is 397 g/mol. The zero-order valence-electron chi connectivity index (χ0n) is 14.0. The predicted molar refractivity (Wildman–Crippen MR) is 105 cm³/mol. The van der Waals surface area contributed by atoms with Crippen molar-refractivity contribution in [2.45, 2.75) is 25.4 Å². The van der Waals surface area contributed by atoms with E-state index in [-0.39, 0.29) is 6.10 Å². The van der Waals surface area contributed by atoms with Crippen molar-refractivity contribution in [3.05, 3.63) is 63.8 Å². The number of fused-ring (bicyclic) bond motifs is 3. The Bertz CT molecular complexity index is 912. The Morgan fingerprint density at radius 3 is 2.76 bits per heavy atom. The number of aromatic amines is 1. The zero-order valence-corrected chi connectivity index (χ0v) is 15.6. The van der Waals surface area contributed by atoms with E-state index in [1.807, 2.05) is 0 Å².